The van der Waals surface area contributed by atoms with E-state index in [1.54, 1.807) is 29.2 Å². The number of rotatable bonds is 6. The fourth-order valence-corrected chi connectivity index (χ4v) is 2.77. The first-order valence-electron chi connectivity index (χ1n) is 8.50. The molecule has 2 N–H and O–H groups in total. The number of hydrogen-bond donors (Lipinski definition) is 2. The number of piperidine rings is 1. The van der Waals surface area contributed by atoms with Crippen molar-refractivity contribution in [3.63, 3.8) is 0 Å². The quantitative estimate of drug-likeness (QED) is 0.822. The van der Waals surface area contributed by atoms with E-state index in [1.807, 2.05) is 13.0 Å². The number of nitrogens with one attached hydrogen (secondary N) is 2. The number of hydrogen-bond acceptors (Lipinski definition) is 3. The summed E-state index contributed by atoms with van der Waals surface area (Å²) in [4.78, 5) is 38.0. The lowest BCUT2D eigenvalue weighted by Gasteiger charge is -2.32. The second kappa shape index (κ2) is 9.05. The smallest absolute Gasteiger partial charge is 0.251 e. The standard InChI is InChI=1S/C18H25N3O3/c1-2-10-19-18(24)15-9-6-11-21(13-15)16(22)12-20-17(23)14-7-4-3-5-8-14/h3-5,7-8,15H,2,6,9-13H2,1H3,(H,19,24)(H,20,23)/t15-/m0/s1. The third-order valence-corrected chi connectivity index (χ3v) is 4.13. The van der Waals surface area contributed by atoms with E-state index in [0.29, 0.717) is 25.2 Å². The minimum atomic E-state index is -0.266. The van der Waals surface area contributed by atoms with Crippen LogP contribution in [0.2, 0.25) is 0 Å². The summed E-state index contributed by atoms with van der Waals surface area (Å²) in [7, 11) is 0. The van der Waals surface area contributed by atoms with Gasteiger partial charge in [0.2, 0.25) is 11.8 Å². The fourth-order valence-electron chi connectivity index (χ4n) is 2.77. The number of likely N-dealkylation sites (tertiary alicyclic amines) is 1. The summed E-state index contributed by atoms with van der Waals surface area (Å²) in [5.74, 6) is -0.549. The normalized spacial score (nSPS) is 17.2. The highest BCUT2D eigenvalue weighted by Crippen LogP contribution is 2.16. The highest BCUT2D eigenvalue weighted by atomic mass is 16.2. The number of carbonyl (C=O) groups excluding carboxylic acids is 3. The molecule has 3 amide bonds. The van der Waals surface area contributed by atoms with E-state index in [1.165, 1.54) is 0 Å². The molecule has 0 radical (unpaired) electrons. The lowest BCUT2D eigenvalue weighted by atomic mass is 9.97. The van der Waals surface area contributed by atoms with Crippen LogP contribution in [0.15, 0.2) is 30.3 Å². The van der Waals surface area contributed by atoms with Crippen molar-refractivity contribution in [1.82, 2.24) is 15.5 Å². The van der Waals surface area contributed by atoms with Crippen molar-refractivity contribution in [2.45, 2.75) is 26.2 Å². The Labute approximate surface area is 142 Å². The van der Waals surface area contributed by atoms with Gasteiger partial charge in [-0.2, -0.15) is 0 Å². The lowest BCUT2D eigenvalue weighted by molar-refractivity contribution is -0.134. The van der Waals surface area contributed by atoms with Crippen molar-refractivity contribution in [2.75, 3.05) is 26.2 Å². The maximum atomic E-state index is 12.3. The van der Waals surface area contributed by atoms with Gasteiger partial charge in [-0.25, -0.2) is 0 Å². The zero-order chi connectivity index (χ0) is 17.4. The molecule has 1 fully saturated rings. The maximum absolute atomic E-state index is 12.3. The molecule has 1 saturated heterocycles. The molecule has 1 aliphatic heterocycles. The molecule has 0 bridgehead atoms. The SMILES string of the molecule is CCCNC(=O)[C@H]1CCCN(C(=O)CNC(=O)c2ccccc2)C1. The van der Waals surface area contributed by atoms with Crippen LogP contribution in [0.5, 0.6) is 0 Å². The Balaban J connectivity index is 1.81. The van der Waals surface area contributed by atoms with E-state index >= 15 is 0 Å². The Morgan fingerprint density at radius 1 is 1.17 bits per heavy atom. The monoisotopic (exact) mass is 331 g/mol. The zero-order valence-electron chi connectivity index (χ0n) is 14.1. The van der Waals surface area contributed by atoms with Gasteiger partial charge < -0.3 is 15.5 Å². The number of amides is 3. The summed E-state index contributed by atoms with van der Waals surface area (Å²) in [6.45, 7) is 3.69. The Bertz CT molecular complexity index is 574. The van der Waals surface area contributed by atoms with Gasteiger partial charge in [0.15, 0.2) is 0 Å². The van der Waals surface area contributed by atoms with Crippen LogP contribution in [0.4, 0.5) is 0 Å². The molecule has 0 unspecified atom stereocenters. The molecule has 1 heterocycles. The first-order chi connectivity index (χ1) is 11.6. The minimum absolute atomic E-state index is 0.0164. The van der Waals surface area contributed by atoms with Crippen molar-refractivity contribution in [1.29, 1.82) is 0 Å². The number of carbonyl (C=O) groups is 3. The molecule has 130 valence electrons. The van der Waals surface area contributed by atoms with Gasteiger partial charge in [0.1, 0.15) is 0 Å². The molecule has 2 rings (SSSR count). The molecule has 1 aliphatic rings. The molecule has 1 aromatic carbocycles. The molecule has 0 aromatic heterocycles. The predicted octanol–water partition coefficient (Wildman–Crippen LogP) is 1.18. The van der Waals surface area contributed by atoms with E-state index < -0.39 is 0 Å². The van der Waals surface area contributed by atoms with Crippen LogP contribution < -0.4 is 10.6 Å². The van der Waals surface area contributed by atoms with E-state index in [9.17, 15) is 14.4 Å². The third-order valence-electron chi connectivity index (χ3n) is 4.13. The molecule has 6 nitrogen and oxygen atoms in total. The first-order valence-corrected chi connectivity index (χ1v) is 8.50. The van der Waals surface area contributed by atoms with Crippen molar-refractivity contribution in [3.05, 3.63) is 35.9 Å². The molecule has 24 heavy (non-hydrogen) atoms. The molecule has 0 spiro atoms. The van der Waals surface area contributed by atoms with Gasteiger partial charge in [0.05, 0.1) is 12.5 Å². The van der Waals surface area contributed by atoms with Gasteiger partial charge in [-0.3, -0.25) is 14.4 Å². The highest BCUT2D eigenvalue weighted by Gasteiger charge is 2.28. The van der Waals surface area contributed by atoms with Crippen LogP contribution >= 0.6 is 0 Å². The van der Waals surface area contributed by atoms with Crippen molar-refractivity contribution >= 4 is 17.7 Å². The van der Waals surface area contributed by atoms with E-state index in [4.69, 9.17) is 0 Å². The second-order valence-electron chi connectivity index (χ2n) is 6.02. The average Bonchev–Trinajstić information content (AvgIpc) is 2.64. The summed E-state index contributed by atoms with van der Waals surface area (Å²) in [5.41, 5.74) is 0.528. The fraction of sp³-hybridized carbons (Fsp3) is 0.500. The molecule has 1 atom stereocenters. The van der Waals surface area contributed by atoms with E-state index in [-0.39, 0.29) is 30.2 Å². The zero-order valence-corrected chi connectivity index (χ0v) is 14.1. The van der Waals surface area contributed by atoms with Crippen LogP contribution in [0.3, 0.4) is 0 Å². The Hall–Kier alpha value is -2.37. The van der Waals surface area contributed by atoms with Gasteiger partial charge in [0.25, 0.3) is 5.91 Å². The first kappa shape index (κ1) is 18.0. The molecule has 0 saturated carbocycles. The Morgan fingerprint density at radius 3 is 2.62 bits per heavy atom. The van der Waals surface area contributed by atoms with Crippen LogP contribution in [-0.2, 0) is 9.59 Å². The minimum Gasteiger partial charge on any atom is -0.356 e. The van der Waals surface area contributed by atoms with Crippen LogP contribution in [0.25, 0.3) is 0 Å². The van der Waals surface area contributed by atoms with Gasteiger partial charge in [-0.1, -0.05) is 25.1 Å². The largest absolute Gasteiger partial charge is 0.356 e. The average molecular weight is 331 g/mol. The number of benzene rings is 1. The lowest BCUT2D eigenvalue weighted by Crippen LogP contribution is -2.48. The van der Waals surface area contributed by atoms with Crippen LogP contribution in [-0.4, -0.2) is 48.8 Å². The summed E-state index contributed by atoms with van der Waals surface area (Å²) in [6, 6.07) is 8.80. The molecular weight excluding hydrogens is 306 g/mol. The summed E-state index contributed by atoms with van der Waals surface area (Å²) < 4.78 is 0. The van der Waals surface area contributed by atoms with Crippen LogP contribution in [0, 0.1) is 5.92 Å². The third kappa shape index (κ3) is 5.08. The second-order valence-corrected chi connectivity index (χ2v) is 6.02. The van der Waals surface area contributed by atoms with Crippen molar-refractivity contribution in [2.24, 2.45) is 5.92 Å². The van der Waals surface area contributed by atoms with E-state index in [0.717, 1.165) is 19.3 Å². The summed E-state index contributed by atoms with van der Waals surface area (Å²) in [6.07, 6.45) is 2.50. The molecule has 6 heteroatoms. The predicted molar refractivity (Wildman–Crippen MR) is 91.4 cm³/mol. The molecule has 0 aliphatic carbocycles. The molecule has 1 aromatic rings. The highest BCUT2D eigenvalue weighted by molar-refractivity contribution is 5.96. The van der Waals surface area contributed by atoms with Gasteiger partial charge in [-0.05, 0) is 31.4 Å². The van der Waals surface area contributed by atoms with Gasteiger partial charge >= 0.3 is 0 Å². The molecular formula is C18H25N3O3. The van der Waals surface area contributed by atoms with Gasteiger partial charge in [0, 0.05) is 25.2 Å². The van der Waals surface area contributed by atoms with Gasteiger partial charge in [-0.15, -0.1) is 0 Å². The summed E-state index contributed by atoms with van der Waals surface area (Å²) >= 11 is 0. The topological polar surface area (TPSA) is 78.5 Å². The summed E-state index contributed by atoms with van der Waals surface area (Å²) in [5, 5.41) is 5.53. The van der Waals surface area contributed by atoms with Crippen LogP contribution in [0.1, 0.15) is 36.5 Å². The van der Waals surface area contributed by atoms with Crippen molar-refractivity contribution < 1.29 is 14.4 Å². The number of nitrogens with zero attached hydrogens (tertiary/aromatic N) is 1. The van der Waals surface area contributed by atoms with Crippen molar-refractivity contribution in [3.8, 4) is 0 Å². The Morgan fingerprint density at radius 2 is 1.92 bits per heavy atom. The van der Waals surface area contributed by atoms with E-state index in [2.05, 4.69) is 10.6 Å². The maximum Gasteiger partial charge on any atom is 0.251 e. The Kier molecular flexibility index (Phi) is 6.78.